The molecule has 1 aromatic heterocycles. The first-order valence-corrected chi connectivity index (χ1v) is 14.7. The molecule has 0 radical (unpaired) electrons. The zero-order valence-corrected chi connectivity index (χ0v) is 26.3. The first-order chi connectivity index (χ1) is 20.6. The number of ether oxygens (including phenoxy) is 2. The SMILES string of the molecule is CCN1CCN(c2ccc(Nc3cc(N(C)C(=O)Nc4c(Cl)c(OC)cc(OC)c4Cl)ncn3)cc2)CC1.O=[P+]([O-])OO.[HH]. The normalized spacial score (nSPS) is 13.4. The van der Waals surface area contributed by atoms with Crippen molar-refractivity contribution in [1.82, 2.24) is 14.9 Å². The van der Waals surface area contributed by atoms with Crippen molar-refractivity contribution in [3.8, 4) is 11.5 Å². The van der Waals surface area contributed by atoms with E-state index in [-0.39, 0.29) is 17.2 Å². The Morgan fingerprint density at radius 2 is 1.67 bits per heavy atom. The number of anilines is 5. The molecule has 0 saturated carbocycles. The van der Waals surface area contributed by atoms with Gasteiger partial charge in [0, 0.05) is 62.8 Å². The largest absolute Gasteiger partial charge is 0.565 e. The van der Waals surface area contributed by atoms with Crippen molar-refractivity contribution in [1.29, 1.82) is 0 Å². The number of hydrogen-bond acceptors (Lipinski definition) is 12. The molecule has 1 fully saturated rings. The van der Waals surface area contributed by atoms with Crippen LogP contribution in [0.1, 0.15) is 8.35 Å². The Kier molecular flexibility index (Phi) is 13.0. The summed E-state index contributed by atoms with van der Waals surface area (Å²) in [5, 5.41) is 13.3. The molecular weight excluding hydrogens is 624 g/mol. The molecule has 17 heteroatoms. The summed E-state index contributed by atoms with van der Waals surface area (Å²) < 4.78 is 22.2. The zero-order valence-electron chi connectivity index (χ0n) is 23.9. The minimum Gasteiger partial charge on any atom is -0.565 e. The number of nitrogens with one attached hydrogen (secondary N) is 2. The minimum absolute atomic E-state index is 0. The number of rotatable bonds is 9. The number of carbonyl (C=O) groups excluding carboxylic acids is 1. The Morgan fingerprint density at radius 3 is 2.19 bits per heavy atom. The lowest BCUT2D eigenvalue weighted by molar-refractivity contribution is -0.244. The van der Waals surface area contributed by atoms with Crippen molar-refractivity contribution in [2.45, 2.75) is 6.92 Å². The predicted octanol–water partition coefficient (Wildman–Crippen LogP) is 5.09. The van der Waals surface area contributed by atoms with Crippen molar-refractivity contribution in [2.24, 2.45) is 0 Å². The summed E-state index contributed by atoms with van der Waals surface area (Å²) in [5.41, 5.74) is 2.24. The second kappa shape index (κ2) is 16.4. The number of nitrogens with zero attached hydrogens (tertiary/aromatic N) is 5. The molecule has 0 spiro atoms. The van der Waals surface area contributed by atoms with Gasteiger partial charge in [-0.1, -0.05) is 30.1 Å². The van der Waals surface area contributed by atoms with Crippen LogP contribution in [0.15, 0.2) is 42.7 Å². The van der Waals surface area contributed by atoms with Crippen LogP contribution in [0, 0.1) is 0 Å². The third kappa shape index (κ3) is 9.25. The maximum atomic E-state index is 13.0. The molecule has 0 aliphatic carbocycles. The van der Waals surface area contributed by atoms with E-state index >= 15 is 0 Å². The molecule has 1 unspecified atom stereocenters. The fourth-order valence-corrected chi connectivity index (χ4v) is 4.71. The van der Waals surface area contributed by atoms with Gasteiger partial charge in [0.05, 0.1) is 19.9 Å². The van der Waals surface area contributed by atoms with E-state index in [0.717, 1.165) is 38.4 Å². The number of benzene rings is 2. The van der Waals surface area contributed by atoms with Crippen LogP contribution in [0.2, 0.25) is 10.0 Å². The molecule has 2 aromatic carbocycles. The van der Waals surface area contributed by atoms with Crippen molar-refractivity contribution in [3.63, 3.8) is 0 Å². The monoisotopic (exact) mass is 657 g/mol. The van der Waals surface area contributed by atoms with E-state index in [4.69, 9.17) is 47.4 Å². The highest BCUT2D eigenvalue weighted by molar-refractivity contribution is 7.30. The van der Waals surface area contributed by atoms with Crippen molar-refractivity contribution in [3.05, 3.63) is 52.8 Å². The summed E-state index contributed by atoms with van der Waals surface area (Å²) in [7, 11) is 1.46. The highest BCUT2D eigenvalue weighted by Gasteiger charge is 2.22. The lowest BCUT2D eigenvalue weighted by atomic mass is 10.2. The Labute approximate surface area is 261 Å². The number of urea groups is 1. The van der Waals surface area contributed by atoms with Crippen LogP contribution in [-0.4, -0.2) is 80.1 Å². The smallest absolute Gasteiger partial charge is 0.521 e. The number of carbonyl (C=O) groups is 1. The molecule has 4 rings (SSSR count). The third-order valence-corrected chi connectivity index (χ3v) is 7.38. The number of amides is 2. The lowest BCUT2D eigenvalue weighted by Crippen LogP contribution is -2.46. The van der Waals surface area contributed by atoms with Crippen LogP contribution in [0.5, 0.6) is 11.5 Å². The van der Waals surface area contributed by atoms with Gasteiger partial charge in [0.1, 0.15) is 39.5 Å². The molecule has 1 saturated heterocycles. The third-order valence-electron chi connectivity index (χ3n) is 6.50. The summed E-state index contributed by atoms with van der Waals surface area (Å²) in [6.45, 7) is 7.47. The van der Waals surface area contributed by atoms with Crippen LogP contribution in [0.3, 0.4) is 0 Å². The van der Waals surface area contributed by atoms with Gasteiger partial charge in [0.25, 0.3) is 0 Å². The molecule has 43 heavy (non-hydrogen) atoms. The Morgan fingerprint density at radius 1 is 1.09 bits per heavy atom. The van der Waals surface area contributed by atoms with Gasteiger partial charge >= 0.3 is 14.3 Å². The molecule has 2 heterocycles. The van der Waals surface area contributed by atoms with Gasteiger partial charge in [-0.2, -0.15) is 0 Å². The van der Waals surface area contributed by atoms with Crippen LogP contribution in [-0.2, 0) is 9.24 Å². The van der Waals surface area contributed by atoms with E-state index in [0.29, 0.717) is 23.1 Å². The van der Waals surface area contributed by atoms with Crippen LogP contribution in [0.4, 0.5) is 33.5 Å². The van der Waals surface area contributed by atoms with Gasteiger partial charge in [0.2, 0.25) is 0 Å². The first-order valence-electron chi connectivity index (χ1n) is 12.9. The molecule has 14 nitrogen and oxygen atoms in total. The number of piperazine rings is 1. The first kappa shape index (κ1) is 34.0. The van der Waals surface area contributed by atoms with Gasteiger partial charge in [0.15, 0.2) is 0 Å². The van der Waals surface area contributed by atoms with Crippen LogP contribution in [0.25, 0.3) is 0 Å². The van der Waals surface area contributed by atoms with Crippen molar-refractivity contribution < 1.29 is 35.1 Å². The van der Waals surface area contributed by atoms with E-state index in [1.54, 1.807) is 19.2 Å². The molecule has 3 aromatic rings. The van der Waals surface area contributed by atoms with E-state index in [1.807, 2.05) is 12.1 Å². The molecule has 1 atom stereocenters. The molecule has 234 valence electrons. The van der Waals surface area contributed by atoms with Gasteiger partial charge < -0.3 is 34.8 Å². The number of halogens is 2. The lowest BCUT2D eigenvalue weighted by Gasteiger charge is -2.35. The number of aromatic nitrogens is 2. The topological polar surface area (TPSA) is 165 Å². The fraction of sp³-hybridized carbons (Fsp3) is 0.346. The summed E-state index contributed by atoms with van der Waals surface area (Å²) in [6, 6.07) is 10.9. The average molecular weight is 658 g/mol. The maximum Gasteiger partial charge on any atom is 0.521 e. The standard InChI is InChI=1S/C26H31Cl2N7O3.HO4P.H2/c1-5-34-10-12-35(13-11-34)18-8-6-17(7-9-18)31-21-15-22(30-16-29-21)33(2)26(36)32-25-23(27)19(37-3)14-20(38-4)24(25)28;1-4-5(2)3;/h6-9,14-16H,5,10-13H2,1-4H3,(H,32,36)(H,29,30,31);1H;1H. The molecule has 2 amide bonds. The number of likely N-dealkylation sites (N-methyl/N-ethyl adjacent to an activating group) is 1. The number of methoxy groups -OCH3 is 2. The predicted molar refractivity (Wildman–Crippen MR) is 167 cm³/mol. The summed E-state index contributed by atoms with van der Waals surface area (Å²) in [5.74, 6) is 1.54. The van der Waals surface area contributed by atoms with Gasteiger partial charge in [-0.05, 0) is 35.4 Å². The van der Waals surface area contributed by atoms with Crippen molar-refractivity contribution in [2.75, 3.05) is 74.4 Å². The van der Waals surface area contributed by atoms with Gasteiger partial charge in [-0.3, -0.25) is 4.90 Å². The maximum absolute atomic E-state index is 13.0. The van der Waals surface area contributed by atoms with E-state index in [2.05, 4.69) is 54.1 Å². The molecule has 0 bridgehead atoms. The van der Waals surface area contributed by atoms with E-state index in [9.17, 15) is 4.79 Å². The highest BCUT2D eigenvalue weighted by Crippen LogP contribution is 2.44. The second-order valence-electron chi connectivity index (χ2n) is 8.93. The highest BCUT2D eigenvalue weighted by atomic mass is 35.5. The molecular formula is C26H34Cl2N7O7P. The molecule has 1 aliphatic heterocycles. The minimum atomic E-state index is -3.04. The summed E-state index contributed by atoms with van der Waals surface area (Å²) in [4.78, 5) is 36.7. The summed E-state index contributed by atoms with van der Waals surface area (Å²) >= 11 is 12.8. The van der Waals surface area contributed by atoms with E-state index in [1.165, 1.54) is 31.1 Å². The number of hydrogen-bond donors (Lipinski definition) is 3. The molecule has 1 aliphatic rings. The summed E-state index contributed by atoms with van der Waals surface area (Å²) in [6.07, 6.45) is 1.39. The zero-order chi connectivity index (χ0) is 31.5. The Hall–Kier alpha value is -3.49. The molecule has 3 N–H and O–H groups in total. The van der Waals surface area contributed by atoms with Crippen LogP contribution < -0.4 is 34.8 Å². The van der Waals surface area contributed by atoms with Crippen LogP contribution >= 0.6 is 31.5 Å². The average Bonchev–Trinajstić information content (AvgIpc) is 3.03. The van der Waals surface area contributed by atoms with Gasteiger partial charge in [-0.15, -0.1) is 0 Å². The van der Waals surface area contributed by atoms with Crippen molar-refractivity contribution >= 4 is 66.2 Å². The quantitative estimate of drug-likeness (QED) is 0.159. The fourth-order valence-electron chi connectivity index (χ4n) is 4.11. The Balaban J connectivity index is 0.00000104. The Bertz CT molecular complexity index is 1380. The second-order valence-corrected chi connectivity index (χ2v) is 10.3. The van der Waals surface area contributed by atoms with E-state index < -0.39 is 14.3 Å². The van der Waals surface area contributed by atoms with Gasteiger partial charge in [-0.25, -0.2) is 20.0 Å².